The van der Waals surface area contributed by atoms with Gasteiger partial charge in [-0.1, -0.05) is 48.5 Å². The molecule has 10 nitrogen and oxygen atoms in total. The number of hydrogen-bond donors (Lipinski definition) is 10. The van der Waals surface area contributed by atoms with Crippen molar-refractivity contribution in [3.05, 3.63) is 154 Å². The molecule has 0 amide bonds. The smallest absolute Gasteiger partial charge is 0.200 e. The first kappa shape index (κ1) is 39.0. The highest BCUT2D eigenvalue weighted by molar-refractivity contribution is 5.52. The van der Waals surface area contributed by atoms with Gasteiger partial charge in [0.1, 0.15) is 23.0 Å². The molecule has 0 spiro atoms. The Hall–Kier alpha value is -6.68. The normalized spacial score (nSPS) is 12.4. The van der Waals surface area contributed by atoms with Gasteiger partial charge in [-0.05, 0) is 168 Å². The molecule has 0 unspecified atom stereocenters. The van der Waals surface area contributed by atoms with Crippen molar-refractivity contribution in [3.63, 3.8) is 0 Å². The first-order chi connectivity index (χ1) is 26.8. The monoisotopic (exact) mass is 758 g/mol. The number of aromatic hydroxyl groups is 10. The summed E-state index contributed by atoms with van der Waals surface area (Å²) in [5, 5.41) is 101. The van der Waals surface area contributed by atoms with E-state index in [0.717, 1.165) is 28.7 Å². The number of aryl methyl sites for hydroxylation is 5. The Morgan fingerprint density at radius 1 is 0.339 bits per heavy atom. The Bertz CT molecular complexity index is 2240. The van der Waals surface area contributed by atoms with E-state index in [1.165, 1.54) is 24.3 Å². The molecule has 0 aliphatic heterocycles. The van der Waals surface area contributed by atoms with Gasteiger partial charge in [0.2, 0.25) is 0 Å². The van der Waals surface area contributed by atoms with E-state index in [2.05, 4.69) is 0 Å². The van der Waals surface area contributed by atoms with Crippen molar-refractivity contribution >= 4 is 0 Å². The summed E-state index contributed by atoms with van der Waals surface area (Å²) >= 11 is 0. The summed E-state index contributed by atoms with van der Waals surface area (Å²) in [6.07, 6.45) is 4.25. The van der Waals surface area contributed by atoms with Crippen molar-refractivity contribution in [3.8, 4) is 57.5 Å². The molecule has 10 heteroatoms. The number of phenolic OH excluding ortho intramolecular Hbond substituents is 10. The Morgan fingerprint density at radius 3 is 1.18 bits per heavy atom. The molecule has 0 heterocycles. The van der Waals surface area contributed by atoms with Crippen LogP contribution in [-0.4, -0.2) is 51.1 Å². The summed E-state index contributed by atoms with van der Waals surface area (Å²) in [5.41, 5.74) is 6.42. The maximum absolute atomic E-state index is 11.1. The Morgan fingerprint density at radius 2 is 0.732 bits per heavy atom. The minimum Gasteiger partial charge on any atom is -0.508 e. The lowest BCUT2D eigenvalue weighted by Gasteiger charge is -2.29. The van der Waals surface area contributed by atoms with Crippen LogP contribution in [0.5, 0.6) is 57.5 Å². The summed E-state index contributed by atoms with van der Waals surface area (Å²) in [6.45, 7) is 0. The molecule has 290 valence electrons. The van der Waals surface area contributed by atoms with Crippen molar-refractivity contribution in [2.75, 3.05) is 0 Å². The maximum atomic E-state index is 11.1. The fraction of sp³-hybridized carbons (Fsp3) is 0.217. The average Bonchev–Trinajstić information content (AvgIpc) is 3.17. The zero-order valence-corrected chi connectivity index (χ0v) is 30.7. The highest BCUT2D eigenvalue weighted by Gasteiger charge is 2.25. The maximum Gasteiger partial charge on any atom is 0.200 e. The molecular weight excluding hydrogens is 712 g/mol. The van der Waals surface area contributed by atoms with Crippen LogP contribution in [-0.2, 0) is 44.9 Å². The molecule has 0 aromatic heterocycles. The molecule has 0 aliphatic carbocycles. The first-order valence-electron chi connectivity index (χ1n) is 18.5. The molecule has 56 heavy (non-hydrogen) atoms. The highest BCUT2D eigenvalue weighted by atomic mass is 16.3. The van der Waals surface area contributed by atoms with E-state index < -0.39 is 34.5 Å². The van der Waals surface area contributed by atoms with Crippen molar-refractivity contribution in [2.45, 2.75) is 57.3 Å². The van der Waals surface area contributed by atoms with Gasteiger partial charge in [0.25, 0.3) is 0 Å². The zero-order chi connectivity index (χ0) is 39.9. The average molecular weight is 759 g/mol. The molecule has 2 atom stereocenters. The lowest BCUT2D eigenvalue weighted by Crippen LogP contribution is -2.19. The van der Waals surface area contributed by atoms with Crippen LogP contribution in [0, 0.1) is 5.92 Å². The van der Waals surface area contributed by atoms with E-state index in [0.29, 0.717) is 67.2 Å². The van der Waals surface area contributed by atoms with Crippen LogP contribution < -0.4 is 0 Å². The van der Waals surface area contributed by atoms with E-state index in [9.17, 15) is 51.1 Å². The van der Waals surface area contributed by atoms with Gasteiger partial charge in [-0.25, -0.2) is 0 Å². The van der Waals surface area contributed by atoms with E-state index >= 15 is 0 Å². The van der Waals surface area contributed by atoms with Gasteiger partial charge in [0.15, 0.2) is 34.5 Å². The van der Waals surface area contributed by atoms with Gasteiger partial charge in [-0.2, -0.15) is 0 Å². The second-order valence-corrected chi connectivity index (χ2v) is 14.5. The minimum atomic E-state index is -0.577. The summed E-state index contributed by atoms with van der Waals surface area (Å²) < 4.78 is 0. The predicted molar refractivity (Wildman–Crippen MR) is 212 cm³/mol. The van der Waals surface area contributed by atoms with Crippen molar-refractivity contribution < 1.29 is 51.1 Å². The van der Waals surface area contributed by atoms with Crippen molar-refractivity contribution in [1.29, 1.82) is 0 Å². The largest absolute Gasteiger partial charge is 0.508 e. The SMILES string of the molecule is Oc1ccc(CC[C@H](Cc2ccc(CCc3cc(O)c(O)c(O)c3)c(O)c2)[C@@H](Cc2ccc(CCc3cc(O)c(O)c(O)c3)c(O)c2)c2ccc(O)cc2)cc1. The first-order valence-corrected chi connectivity index (χ1v) is 18.5. The van der Waals surface area contributed by atoms with Crippen LogP contribution in [0.25, 0.3) is 0 Å². The van der Waals surface area contributed by atoms with E-state index in [4.69, 9.17) is 0 Å². The van der Waals surface area contributed by atoms with Gasteiger partial charge in [0, 0.05) is 0 Å². The second-order valence-electron chi connectivity index (χ2n) is 14.5. The van der Waals surface area contributed by atoms with Gasteiger partial charge in [-0.3, -0.25) is 0 Å². The van der Waals surface area contributed by atoms with Gasteiger partial charge in [-0.15, -0.1) is 0 Å². The van der Waals surface area contributed by atoms with Crippen LogP contribution in [0.1, 0.15) is 56.8 Å². The minimum absolute atomic E-state index is 0.0122. The summed E-state index contributed by atoms with van der Waals surface area (Å²) in [5.74, 6) is -2.34. The molecule has 6 rings (SSSR count). The third kappa shape index (κ3) is 9.70. The number of hydrogen-bond acceptors (Lipinski definition) is 10. The molecule has 6 aromatic carbocycles. The summed E-state index contributed by atoms with van der Waals surface area (Å²) in [7, 11) is 0. The predicted octanol–water partition coefficient (Wildman–Crippen LogP) is 8.13. The number of benzene rings is 6. The van der Waals surface area contributed by atoms with Gasteiger partial charge < -0.3 is 51.1 Å². The van der Waals surface area contributed by atoms with Crippen LogP contribution >= 0.6 is 0 Å². The fourth-order valence-electron chi connectivity index (χ4n) is 7.36. The molecule has 0 fully saturated rings. The van der Waals surface area contributed by atoms with Crippen molar-refractivity contribution in [1.82, 2.24) is 0 Å². The quantitative estimate of drug-likeness (QED) is 0.0456. The Kier molecular flexibility index (Phi) is 12.0. The molecular formula is C46H46O10. The third-order valence-electron chi connectivity index (χ3n) is 10.5. The summed E-state index contributed by atoms with van der Waals surface area (Å²) in [6, 6.07) is 31.0. The molecule has 10 N–H and O–H groups in total. The number of rotatable bonds is 15. The molecule has 0 radical (unpaired) electrons. The van der Waals surface area contributed by atoms with Crippen LogP contribution in [0.3, 0.4) is 0 Å². The molecule has 0 bridgehead atoms. The molecule has 0 saturated carbocycles. The molecule has 0 aliphatic rings. The Balaban J connectivity index is 1.25. The summed E-state index contributed by atoms with van der Waals surface area (Å²) in [4.78, 5) is 0. The van der Waals surface area contributed by atoms with E-state index in [1.807, 2.05) is 48.5 Å². The fourth-order valence-corrected chi connectivity index (χ4v) is 7.36. The van der Waals surface area contributed by atoms with E-state index in [1.54, 1.807) is 36.4 Å². The topological polar surface area (TPSA) is 202 Å². The van der Waals surface area contributed by atoms with Gasteiger partial charge >= 0.3 is 0 Å². The molecule has 6 aromatic rings. The van der Waals surface area contributed by atoms with Crippen molar-refractivity contribution in [2.24, 2.45) is 5.92 Å². The van der Waals surface area contributed by atoms with Crippen LogP contribution in [0.15, 0.2) is 109 Å². The number of phenols is 10. The zero-order valence-electron chi connectivity index (χ0n) is 30.7. The lowest BCUT2D eigenvalue weighted by atomic mass is 9.75. The van der Waals surface area contributed by atoms with Crippen LogP contribution in [0.2, 0.25) is 0 Å². The van der Waals surface area contributed by atoms with Gasteiger partial charge in [0.05, 0.1) is 0 Å². The Labute approximate surface area is 324 Å². The third-order valence-corrected chi connectivity index (χ3v) is 10.5. The van der Waals surface area contributed by atoms with E-state index in [-0.39, 0.29) is 34.8 Å². The van der Waals surface area contributed by atoms with Crippen LogP contribution in [0.4, 0.5) is 0 Å². The highest BCUT2D eigenvalue weighted by Crippen LogP contribution is 2.39. The molecule has 0 saturated heterocycles. The second kappa shape index (κ2) is 17.2. The lowest BCUT2D eigenvalue weighted by molar-refractivity contribution is 0.367. The standard InChI is InChI=1S/C46H46O10/c47-36-15-6-27(7-16-36)1-12-35(19-28-2-8-33(39(49)21-28)10-4-30-23-41(51)45(55)42(52)24-30)38(32-13-17-37(48)18-14-32)20-29-3-9-34(40(50)22-29)11-5-31-25-43(53)46(56)44(54)26-31/h2-3,6-9,13-18,21-26,35,38,47-56H,1,4-5,10-12,19-20H2/t35-,38+/m1/s1.